The highest BCUT2D eigenvalue weighted by Crippen LogP contribution is 2.44. The number of hydrogen-bond donors (Lipinski definition) is 1. The summed E-state index contributed by atoms with van der Waals surface area (Å²) in [6, 6.07) is 8.72. The Morgan fingerprint density at radius 1 is 1.35 bits per heavy atom. The highest BCUT2D eigenvalue weighted by molar-refractivity contribution is 7.15. The molecule has 1 aliphatic carbocycles. The largest absolute Gasteiger partial charge is 0.323 e. The molecule has 1 unspecified atom stereocenters. The lowest BCUT2D eigenvalue weighted by Gasteiger charge is -2.32. The molecule has 1 heterocycles. The molecule has 2 aromatic rings. The fourth-order valence-corrected chi connectivity index (χ4v) is 4.29. The topological polar surface area (TPSA) is 38.9 Å². The fourth-order valence-electron chi connectivity index (χ4n) is 3.15. The van der Waals surface area contributed by atoms with E-state index in [1.165, 1.54) is 21.7 Å². The molecular formula is C17H22N2S. The maximum atomic E-state index is 6.35. The molecule has 1 aromatic heterocycles. The van der Waals surface area contributed by atoms with Crippen LogP contribution in [0.3, 0.4) is 0 Å². The summed E-state index contributed by atoms with van der Waals surface area (Å²) in [5, 5.41) is 1.14. The summed E-state index contributed by atoms with van der Waals surface area (Å²) in [6.07, 6.45) is 3.13. The van der Waals surface area contributed by atoms with E-state index in [1.807, 2.05) is 0 Å². The van der Waals surface area contributed by atoms with Crippen molar-refractivity contribution < 1.29 is 0 Å². The van der Waals surface area contributed by atoms with E-state index in [1.54, 1.807) is 11.3 Å². The first-order valence-corrected chi connectivity index (χ1v) is 8.15. The van der Waals surface area contributed by atoms with Gasteiger partial charge in [-0.1, -0.05) is 45.0 Å². The van der Waals surface area contributed by atoms with Crippen LogP contribution in [-0.4, -0.2) is 4.98 Å². The quantitative estimate of drug-likeness (QED) is 0.891. The van der Waals surface area contributed by atoms with Crippen molar-refractivity contribution in [3.63, 3.8) is 0 Å². The lowest BCUT2D eigenvalue weighted by molar-refractivity contribution is 0.282. The lowest BCUT2D eigenvalue weighted by Crippen LogP contribution is -2.28. The van der Waals surface area contributed by atoms with Crippen molar-refractivity contribution in [1.82, 2.24) is 4.98 Å². The number of benzene rings is 1. The minimum absolute atomic E-state index is 0.147. The van der Waals surface area contributed by atoms with E-state index in [-0.39, 0.29) is 11.5 Å². The summed E-state index contributed by atoms with van der Waals surface area (Å²) in [4.78, 5) is 6.21. The number of aromatic nitrogens is 1. The average Bonchev–Trinajstić information content (AvgIpc) is 2.81. The molecule has 0 spiro atoms. The Labute approximate surface area is 125 Å². The average molecular weight is 286 g/mol. The normalized spacial score (nSPS) is 20.7. The summed E-state index contributed by atoms with van der Waals surface area (Å²) < 4.78 is 0. The molecule has 1 aliphatic rings. The number of fused-ring (bicyclic) bond motifs is 1. The number of thiazole rings is 1. The summed E-state index contributed by atoms with van der Waals surface area (Å²) in [6.45, 7) is 6.77. The second kappa shape index (κ2) is 4.97. The third-order valence-electron chi connectivity index (χ3n) is 4.11. The molecule has 2 nitrogen and oxygen atoms in total. The molecule has 0 radical (unpaired) electrons. The van der Waals surface area contributed by atoms with E-state index >= 15 is 0 Å². The zero-order valence-electron chi connectivity index (χ0n) is 12.4. The molecule has 0 bridgehead atoms. The highest BCUT2D eigenvalue weighted by atomic mass is 32.1. The Morgan fingerprint density at radius 2 is 2.10 bits per heavy atom. The SMILES string of the molecule is CCc1ccccc1-c1nc2c(s1)C(N)CC(C)(C)C2. The van der Waals surface area contributed by atoms with Gasteiger partial charge < -0.3 is 5.73 Å². The minimum atomic E-state index is 0.147. The molecule has 20 heavy (non-hydrogen) atoms. The summed E-state index contributed by atoms with van der Waals surface area (Å²) in [5.41, 5.74) is 10.5. The van der Waals surface area contributed by atoms with Gasteiger partial charge in [0, 0.05) is 16.5 Å². The van der Waals surface area contributed by atoms with Crippen LogP contribution in [0.1, 0.15) is 49.4 Å². The van der Waals surface area contributed by atoms with Crippen molar-refractivity contribution in [3.05, 3.63) is 40.4 Å². The van der Waals surface area contributed by atoms with E-state index in [9.17, 15) is 0 Å². The lowest BCUT2D eigenvalue weighted by atomic mass is 9.77. The van der Waals surface area contributed by atoms with E-state index < -0.39 is 0 Å². The number of nitrogens with zero attached hydrogens (tertiary/aromatic N) is 1. The Balaban J connectivity index is 2.06. The van der Waals surface area contributed by atoms with Gasteiger partial charge in [-0.25, -0.2) is 4.98 Å². The van der Waals surface area contributed by atoms with Crippen LogP contribution in [0, 0.1) is 5.41 Å². The van der Waals surface area contributed by atoms with E-state index in [0.29, 0.717) is 0 Å². The van der Waals surface area contributed by atoms with Gasteiger partial charge in [0.15, 0.2) is 0 Å². The zero-order chi connectivity index (χ0) is 14.3. The van der Waals surface area contributed by atoms with Gasteiger partial charge in [-0.15, -0.1) is 11.3 Å². The molecule has 0 amide bonds. The molecule has 0 saturated carbocycles. The van der Waals surface area contributed by atoms with Gasteiger partial charge in [-0.3, -0.25) is 0 Å². The molecule has 0 fully saturated rings. The molecular weight excluding hydrogens is 264 g/mol. The van der Waals surface area contributed by atoms with Gasteiger partial charge >= 0.3 is 0 Å². The third kappa shape index (κ3) is 2.40. The second-order valence-corrected chi connectivity index (χ2v) is 7.52. The van der Waals surface area contributed by atoms with Gasteiger partial charge in [0.1, 0.15) is 5.01 Å². The molecule has 0 saturated heterocycles. The number of hydrogen-bond acceptors (Lipinski definition) is 3. The maximum Gasteiger partial charge on any atom is 0.124 e. The Kier molecular flexibility index (Phi) is 3.43. The van der Waals surface area contributed by atoms with Crippen LogP contribution in [0.2, 0.25) is 0 Å². The predicted octanol–water partition coefficient (Wildman–Crippen LogP) is 4.34. The summed E-state index contributed by atoms with van der Waals surface area (Å²) in [7, 11) is 0. The van der Waals surface area contributed by atoms with Gasteiger partial charge in [-0.05, 0) is 30.2 Å². The van der Waals surface area contributed by atoms with Crippen LogP contribution in [-0.2, 0) is 12.8 Å². The summed E-state index contributed by atoms with van der Waals surface area (Å²) >= 11 is 1.79. The van der Waals surface area contributed by atoms with Crippen LogP contribution in [0.4, 0.5) is 0 Å². The van der Waals surface area contributed by atoms with Crippen LogP contribution < -0.4 is 5.73 Å². The van der Waals surface area contributed by atoms with E-state index in [0.717, 1.165) is 24.3 Å². The van der Waals surface area contributed by atoms with E-state index in [4.69, 9.17) is 10.7 Å². The van der Waals surface area contributed by atoms with Crippen LogP contribution in [0.25, 0.3) is 10.6 Å². The molecule has 3 heteroatoms. The van der Waals surface area contributed by atoms with Crippen LogP contribution >= 0.6 is 11.3 Å². The van der Waals surface area contributed by atoms with Gasteiger partial charge in [-0.2, -0.15) is 0 Å². The molecule has 1 atom stereocenters. The number of nitrogens with two attached hydrogens (primary N) is 1. The van der Waals surface area contributed by atoms with Crippen molar-refractivity contribution >= 4 is 11.3 Å². The van der Waals surface area contributed by atoms with Gasteiger partial charge in [0.25, 0.3) is 0 Å². The fraction of sp³-hybridized carbons (Fsp3) is 0.471. The Morgan fingerprint density at radius 3 is 2.85 bits per heavy atom. The van der Waals surface area contributed by atoms with Crippen molar-refractivity contribution in [2.45, 2.75) is 46.1 Å². The molecule has 3 rings (SSSR count). The van der Waals surface area contributed by atoms with Gasteiger partial charge in [0.05, 0.1) is 5.69 Å². The molecule has 2 N–H and O–H groups in total. The highest BCUT2D eigenvalue weighted by Gasteiger charge is 2.33. The minimum Gasteiger partial charge on any atom is -0.323 e. The monoisotopic (exact) mass is 286 g/mol. The summed E-state index contributed by atoms with van der Waals surface area (Å²) in [5.74, 6) is 0. The Hall–Kier alpha value is -1.19. The predicted molar refractivity (Wildman–Crippen MR) is 86.0 cm³/mol. The molecule has 106 valence electrons. The number of aryl methyl sites for hydroxylation is 1. The second-order valence-electron chi connectivity index (χ2n) is 6.49. The maximum absolute atomic E-state index is 6.35. The van der Waals surface area contributed by atoms with Crippen LogP contribution in [0.15, 0.2) is 24.3 Å². The first-order valence-electron chi connectivity index (χ1n) is 7.33. The third-order valence-corrected chi connectivity index (χ3v) is 5.37. The standard InChI is InChI=1S/C17H22N2S/c1-4-11-7-5-6-8-12(11)16-19-14-10-17(2,3)9-13(18)15(14)20-16/h5-8,13H,4,9-10,18H2,1-3H3. The number of rotatable bonds is 2. The van der Waals surface area contributed by atoms with E-state index in [2.05, 4.69) is 45.0 Å². The van der Waals surface area contributed by atoms with Crippen molar-refractivity contribution in [2.24, 2.45) is 11.1 Å². The van der Waals surface area contributed by atoms with Crippen molar-refractivity contribution in [2.75, 3.05) is 0 Å². The first-order chi connectivity index (χ1) is 9.50. The zero-order valence-corrected chi connectivity index (χ0v) is 13.3. The van der Waals surface area contributed by atoms with Crippen LogP contribution in [0.5, 0.6) is 0 Å². The molecule has 0 aliphatic heterocycles. The molecule has 1 aromatic carbocycles. The smallest absolute Gasteiger partial charge is 0.124 e. The Bertz CT molecular complexity index is 628. The van der Waals surface area contributed by atoms with Crippen molar-refractivity contribution in [1.29, 1.82) is 0 Å². The van der Waals surface area contributed by atoms with Gasteiger partial charge in [0.2, 0.25) is 0 Å². The first kappa shape index (κ1) is 13.8. The van der Waals surface area contributed by atoms with Crippen molar-refractivity contribution in [3.8, 4) is 10.6 Å².